The molecule has 1 aromatic carbocycles. The minimum Gasteiger partial charge on any atom is -0.744 e. The van der Waals surface area contributed by atoms with E-state index in [4.69, 9.17) is 5.73 Å². The van der Waals surface area contributed by atoms with Gasteiger partial charge in [-0.05, 0) is 30.7 Å². The third kappa shape index (κ3) is 8.49. The molecule has 0 aliphatic carbocycles. The molecule has 1 aromatic rings. The van der Waals surface area contributed by atoms with Crippen molar-refractivity contribution in [3.8, 4) is 0 Å². The molecule has 0 unspecified atom stereocenters. The molecule has 8 nitrogen and oxygen atoms in total. The molecule has 0 radical (unpaired) electrons. The summed E-state index contributed by atoms with van der Waals surface area (Å²) in [6.07, 6.45) is 0. The molecule has 98 valence electrons. The molecule has 0 bridgehead atoms. The van der Waals surface area contributed by atoms with Gasteiger partial charge in [-0.15, -0.1) is 0 Å². The van der Waals surface area contributed by atoms with E-state index in [0.717, 1.165) is 0 Å². The zero-order valence-corrected chi connectivity index (χ0v) is 12.3. The van der Waals surface area contributed by atoms with E-state index in [9.17, 15) is 13.0 Å². The summed E-state index contributed by atoms with van der Waals surface area (Å²) in [4.78, 5) is -0.241. The van der Waals surface area contributed by atoms with Crippen LogP contribution in [0, 0.1) is 6.92 Å². The number of hydrogen-bond acceptors (Lipinski definition) is 4. The van der Waals surface area contributed by atoms with E-state index in [1.165, 1.54) is 18.2 Å². The van der Waals surface area contributed by atoms with Crippen molar-refractivity contribution in [1.82, 2.24) is 0 Å². The van der Waals surface area contributed by atoms with Crippen molar-refractivity contribution in [1.29, 1.82) is 0 Å². The summed E-state index contributed by atoms with van der Waals surface area (Å²) in [5, 5.41) is 0. The Hall–Kier alpha value is -0.230. The topological polar surface area (TPSA) is 209 Å². The van der Waals surface area contributed by atoms with Crippen LogP contribution in [0.3, 0.4) is 0 Å². The predicted octanol–water partition coefficient (Wildman–Crippen LogP) is -5.81. The number of rotatable bonds is 1. The average molecular weight is 281 g/mol. The van der Waals surface area contributed by atoms with Crippen molar-refractivity contribution in [2.24, 2.45) is 0 Å². The van der Waals surface area contributed by atoms with E-state index in [1.54, 1.807) is 6.92 Å². The summed E-state index contributed by atoms with van der Waals surface area (Å²) >= 11 is 0. The monoisotopic (exact) mass is 281 g/mol. The maximum Gasteiger partial charge on any atom is 1.00 e. The van der Waals surface area contributed by atoms with Crippen LogP contribution in [0.2, 0.25) is 0 Å². The van der Waals surface area contributed by atoms with Gasteiger partial charge < -0.3 is 32.2 Å². The fourth-order valence-electron chi connectivity index (χ4n) is 0.804. The van der Waals surface area contributed by atoms with Crippen LogP contribution in [0.25, 0.3) is 0 Å². The summed E-state index contributed by atoms with van der Waals surface area (Å²) in [5.74, 6) is 0. The molecule has 0 fully saturated rings. The second kappa shape index (κ2) is 10.9. The van der Waals surface area contributed by atoms with Crippen LogP contribution in [0.5, 0.6) is 0 Å². The van der Waals surface area contributed by atoms with Gasteiger partial charge in [0.2, 0.25) is 0 Å². The molecule has 0 atom stereocenters. The Bertz CT molecular complexity index is 409. The quantitative estimate of drug-likeness (QED) is 0.302. The molecular weight excluding hydrogens is 265 g/mol. The van der Waals surface area contributed by atoms with Gasteiger partial charge in [-0.3, -0.25) is 0 Å². The number of hydrogen-bond donors (Lipinski definition) is 1. The molecule has 0 spiro atoms. The summed E-state index contributed by atoms with van der Waals surface area (Å²) in [5.41, 5.74) is 6.50. The van der Waals surface area contributed by atoms with Crippen LogP contribution in [0.15, 0.2) is 23.1 Å². The molecule has 0 saturated carbocycles. The minimum atomic E-state index is -4.35. The zero-order chi connectivity index (χ0) is 9.35. The first-order valence-electron chi connectivity index (χ1n) is 3.23. The maximum absolute atomic E-state index is 10.5. The Morgan fingerprint density at radius 1 is 1.12 bits per heavy atom. The van der Waals surface area contributed by atoms with Gasteiger partial charge in [0.15, 0.2) is 0 Å². The zero-order valence-electron chi connectivity index (χ0n) is 9.44. The Morgan fingerprint density at radius 2 is 1.53 bits per heavy atom. The van der Waals surface area contributed by atoms with Crippen LogP contribution in [-0.2, 0) is 10.1 Å². The standard InChI is InChI=1S/C7H9NO3S.Na.4H2O/c1-5-4-6(12(9,10)11)2-3-7(5)8;;;;;/h2-4H,8H2,1H3,(H,9,10,11);;4*1H2/q;+1;;;;/p-1. The summed E-state index contributed by atoms with van der Waals surface area (Å²) in [6, 6.07) is 3.86. The van der Waals surface area contributed by atoms with E-state index in [1.807, 2.05) is 0 Å². The molecule has 17 heavy (non-hydrogen) atoms. The normalized spacial score (nSPS) is 8.12. The van der Waals surface area contributed by atoms with Crippen molar-refractivity contribution in [2.75, 3.05) is 5.73 Å². The molecule has 0 aromatic heterocycles. The second-order valence-electron chi connectivity index (χ2n) is 2.47. The fraction of sp³-hybridized carbons (Fsp3) is 0.143. The van der Waals surface area contributed by atoms with Gasteiger partial charge in [0.1, 0.15) is 10.1 Å². The third-order valence-corrected chi connectivity index (χ3v) is 2.36. The van der Waals surface area contributed by atoms with Gasteiger partial charge in [0, 0.05) is 5.69 Å². The SMILES string of the molecule is Cc1cc(S(=O)(=O)[O-])ccc1N.O.O.O.O.[Na+]. The summed E-state index contributed by atoms with van der Waals surface area (Å²) in [6.45, 7) is 1.64. The van der Waals surface area contributed by atoms with E-state index in [2.05, 4.69) is 0 Å². The first-order valence-corrected chi connectivity index (χ1v) is 4.64. The van der Waals surface area contributed by atoms with Gasteiger partial charge >= 0.3 is 29.6 Å². The van der Waals surface area contributed by atoms with E-state index in [0.29, 0.717) is 11.3 Å². The van der Waals surface area contributed by atoms with Crippen LogP contribution in [-0.4, -0.2) is 34.9 Å². The van der Waals surface area contributed by atoms with E-state index in [-0.39, 0.29) is 56.4 Å². The molecule has 10 heteroatoms. The van der Waals surface area contributed by atoms with Crippen molar-refractivity contribution in [2.45, 2.75) is 11.8 Å². The molecule has 0 aliphatic rings. The Morgan fingerprint density at radius 3 is 1.82 bits per heavy atom. The summed E-state index contributed by atoms with van der Waals surface area (Å²) in [7, 11) is -4.35. The maximum atomic E-state index is 10.5. The largest absolute Gasteiger partial charge is 1.00 e. The second-order valence-corrected chi connectivity index (χ2v) is 3.85. The van der Waals surface area contributed by atoms with Crippen molar-refractivity contribution in [3.05, 3.63) is 23.8 Å². The number of nitrogen functional groups attached to an aromatic ring is 1. The smallest absolute Gasteiger partial charge is 0.744 e. The number of anilines is 1. The van der Waals surface area contributed by atoms with Gasteiger partial charge in [0.05, 0.1) is 4.90 Å². The number of benzene rings is 1. The average Bonchev–Trinajstić information content (AvgIpc) is 1.92. The van der Waals surface area contributed by atoms with Gasteiger partial charge in [-0.2, -0.15) is 0 Å². The molecule has 10 N–H and O–H groups in total. The van der Waals surface area contributed by atoms with Crippen LogP contribution in [0.4, 0.5) is 5.69 Å². The Kier molecular flexibility index (Phi) is 19.3. The summed E-state index contributed by atoms with van der Waals surface area (Å²) < 4.78 is 31.5. The number of aryl methyl sites for hydroxylation is 1. The van der Waals surface area contributed by atoms with E-state index >= 15 is 0 Å². The first kappa shape index (κ1) is 30.1. The van der Waals surface area contributed by atoms with Crippen LogP contribution >= 0.6 is 0 Å². The minimum absolute atomic E-state index is 0. The van der Waals surface area contributed by atoms with Gasteiger partial charge in [-0.1, -0.05) is 0 Å². The first-order chi connectivity index (χ1) is 5.41. The third-order valence-electron chi connectivity index (χ3n) is 1.53. The Labute approximate surface area is 121 Å². The van der Waals surface area contributed by atoms with Gasteiger partial charge in [0.25, 0.3) is 0 Å². The van der Waals surface area contributed by atoms with Crippen LogP contribution in [0.1, 0.15) is 5.56 Å². The fourth-order valence-corrected chi connectivity index (χ4v) is 1.36. The molecule has 1 rings (SSSR count). The Balaban J connectivity index is -0.0000000960. The van der Waals surface area contributed by atoms with Crippen molar-refractivity contribution < 1.29 is 64.4 Å². The number of nitrogens with two attached hydrogens (primary N) is 1. The van der Waals surface area contributed by atoms with Crippen molar-refractivity contribution >= 4 is 15.8 Å². The van der Waals surface area contributed by atoms with Gasteiger partial charge in [-0.25, -0.2) is 8.42 Å². The molecule has 0 aliphatic heterocycles. The molecule has 0 heterocycles. The van der Waals surface area contributed by atoms with Crippen LogP contribution < -0.4 is 35.3 Å². The molecule has 0 saturated heterocycles. The van der Waals surface area contributed by atoms with Crippen molar-refractivity contribution in [3.63, 3.8) is 0 Å². The molecular formula is C7H16NNaO7S. The molecule has 0 amide bonds. The predicted molar refractivity (Wildman–Crippen MR) is 58.0 cm³/mol. The van der Waals surface area contributed by atoms with E-state index < -0.39 is 10.1 Å².